The lowest BCUT2D eigenvalue weighted by Crippen LogP contribution is -2.39. The summed E-state index contributed by atoms with van der Waals surface area (Å²) in [6, 6.07) is 4.99. The second kappa shape index (κ2) is 8.20. The van der Waals surface area contributed by atoms with Gasteiger partial charge in [-0.2, -0.15) is 13.2 Å². The maximum atomic E-state index is 12.8. The molecule has 0 spiro atoms. The molecule has 0 aromatic heterocycles. The number of hydrogen-bond acceptors (Lipinski definition) is 4. The molecular formula is C16H21BrF3NO3. The summed E-state index contributed by atoms with van der Waals surface area (Å²) < 4.78 is 49.3. The van der Waals surface area contributed by atoms with Gasteiger partial charge in [-0.3, -0.25) is 9.69 Å². The highest BCUT2D eigenvalue weighted by molar-refractivity contribution is 9.10. The largest absolute Gasteiger partial charge is 0.496 e. The van der Waals surface area contributed by atoms with Crippen molar-refractivity contribution in [1.29, 1.82) is 0 Å². The van der Waals surface area contributed by atoms with Crippen LogP contribution in [-0.2, 0) is 16.1 Å². The quantitative estimate of drug-likeness (QED) is 0.658. The third kappa shape index (κ3) is 8.01. The van der Waals surface area contributed by atoms with E-state index < -0.39 is 30.8 Å². The molecule has 24 heavy (non-hydrogen) atoms. The average molecular weight is 412 g/mol. The Morgan fingerprint density at radius 3 is 2.38 bits per heavy atom. The van der Waals surface area contributed by atoms with E-state index in [1.54, 1.807) is 39.0 Å². The predicted molar refractivity (Wildman–Crippen MR) is 87.9 cm³/mol. The molecule has 136 valence electrons. The summed E-state index contributed by atoms with van der Waals surface area (Å²) in [5.74, 6) is -0.187. The van der Waals surface area contributed by atoms with E-state index in [9.17, 15) is 18.0 Å². The lowest BCUT2D eigenvalue weighted by atomic mass is 10.2. The molecule has 0 N–H and O–H groups in total. The van der Waals surface area contributed by atoms with Crippen LogP contribution in [0.3, 0.4) is 0 Å². The molecule has 0 aliphatic carbocycles. The third-order valence-corrected chi connectivity index (χ3v) is 3.45. The Bertz CT molecular complexity index is 571. The Labute approximate surface area is 148 Å². The molecule has 0 unspecified atom stereocenters. The zero-order valence-corrected chi connectivity index (χ0v) is 15.6. The smallest absolute Gasteiger partial charge is 0.401 e. The normalized spacial score (nSPS) is 12.4. The minimum Gasteiger partial charge on any atom is -0.496 e. The molecule has 4 nitrogen and oxygen atoms in total. The number of methoxy groups -OCH3 is 1. The summed E-state index contributed by atoms with van der Waals surface area (Å²) in [7, 11) is 1.47. The van der Waals surface area contributed by atoms with E-state index in [-0.39, 0.29) is 6.54 Å². The maximum Gasteiger partial charge on any atom is 0.401 e. The molecule has 0 saturated carbocycles. The Hall–Kier alpha value is -1.28. The van der Waals surface area contributed by atoms with E-state index >= 15 is 0 Å². The standard InChI is InChI=1S/C16H21BrF3NO3/c1-15(2,3)24-14(22)9-21(10-16(18,19)20)8-11-5-6-12(17)13(7-11)23-4/h5-7H,8-10H2,1-4H3. The first kappa shape index (κ1) is 20.8. The van der Waals surface area contributed by atoms with Crippen LogP contribution in [0.4, 0.5) is 13.2 Å². The van der Waals surface area contributed by atoms with Crippen LogP contribution >= 0.6 is 15.9 Å². The van der Waals surface area contributed by atoms with E-state index in [1.165, 1.54) is 7.11 Å². The van der Waals surface area contributed by atoms with Gasteiger partial charge < -0.3 is 9.47 Å². The third-order valence-electron chi connectivity index (χ3n) is 2.80. The van der Waals surface area contributed by atoms with Gasteiger partial charge >= 0.3 is 12.1 Å². The molecule has 1 aromatic carbocycles. The zero-order chi connectivity index (χ0) is 18.5. The lowest BCUT2D eigenvalue weighted by molar-refractivity contribution is -0.164. The molecule has 0 heterocycles. The van der Waals surface area contributed by atoms with E-state index in [2.05, 4.69) is 15.9 Å². The number of halogens is 4. The van der Waals surface area contributed by atoms with E-state index in [0.717, 1.165) is 4.90 Å². The second-order valence-electron chi connectivity index (χ2n) is 6.32. The fourth-order valence-electron chi connectivity index (χ4n) is 2.04. The number of benzene rings is 1. The highest BCUT2D eigenvalue weighted by Gasteiger charge is 2.32. The van der Waals surface area contributed by atoms with Gasteiger partial charge in [0.1, 0.15) is 11.4 Å². The summed E-state index contributed by atoms with van der Waals surface area (Å²) in [6.07, 6.45) is -4.42. The molecule has 0 atom stereocenters. The van der Waals surface area contributed by atoms with Crippen LogP contribution < -0.4 is 4.74 Å². The van der Waals surface area contributed by atoms with Gasteiger partial charge in [-0.05, 0) is 54.4 Å². The van der Waals surface area contributed by atoms with Gasteiger partial charge in [0.15, 0.2) is 0 Å². The number of nitrogens with zero attached hydrogens (tertiary/aromatic N) is 1. The highest BCUT2D eigenvalue weighted by Crippen LogP contribution is 2.27. The summed E-state index contributed by atoms with van der Waals surface area (Å²) in [5.41, 5.74) is -0.148. The van der Waals surface area contributed by atoms with Crippen molar-refractivity contribution in [3.05, 3.63) is 28.2 Å². The Morgan fingerprint density at radius 1 is 1.25 bits per heavy atom. The topological polar surface area (TPSA) is 38.8 Å². The van der Waals surface area contributed by atoms with E-state index in [4.69, 9.17) is 9.47 Å². The zero-order valence-electron chi connectivity index (χ0n) is 14.0. The minimum atomic E-state index is -4.42. The fraction of sp³-hybridized carbons (Fsp3) is 0.562. The van der Waals surface area contributed by atoms with Crippen molar-refractivity contribution in [2.75, 3.05) is 20.2 Å². The van der Waals surface area contributed by atoms with Crippen LogP contribution in [-0.4, -0.2) is 42.8 Å². The Kier molecular flexibility index (Phi) is 7.10. The number of carbonyl (C=O) groups excluding carboxylic acids is 1. The number of alkyl halides is 3. The molecular weight excluding hydrogens is 391 g/mol. The van der Waals surface area contributed by atoms with Gasteiger partial charge in [-0.15, -0.1) is 0 Å². The average Bonchev–Trinajstić information content (AvgIpc) is 2.36. The van der Waals surface area contributed by atoms with E-state index in [1.807, 2.05) is 0 Å². The summed E-state index contributed by atoms with van der Waals surface area (Å²) in [6.45, 7) is 3.29. The maximum absolute atomic E-state index is 12.8. The fourth-order valence-corrected chi connectivity index (χ4v) is 2.45. The van der Waals surface area contributed by atoms with Crippen molar-refractivity contribution >= 4 is 21.9 Å². The highest BCUT2D eigenvalue weighted by atomic mass is 79.9. The van der Waals surface area contributed by atoms with Gasteiger partial charge in [-0.1, -0.05) is 6.07 Å². The monoisotopic (exact) mass is 411 g/mol. The number of esters is 1. The number of hydrogen-bond donors (Lipinski definition) is 0. The SMILES string of the molecule is COc1cc(CN(CC(=O)OC(C)(C)C)CC(F)(F)F)ccc1Br. The van der Waals surface area contributed by atoms with Crippen LogP contribution in [0.1, 0.15) is 26.3 Å². The number of carbonyl (C=O) groups is 1. The summed E-state index contributed by atoms with van der Waals surface area (Å²) in [5, 5.41) is 0. The van der Waals surface area contributed by atoms with Gasteiger partial charge in [-0.25, -0.2) is 0 Å². The summed E-state index contributed by atoms with van der Waals surface area (Å²) >= 11 is 3.29. The molecule has 0 aliphatic heterocycles. The van der Waals surface area contributed by atoms with E-state index in [0.29, 0.717) is 15.8 Å². The molecule has 8 heteroatoms. The molecule has 0 saturated heterocycles. The van der Waals surface area contributed by atoms with Crippen molar-refractivity contribution in [1.82, 2.24) is 4.90 Å². The molecule has 0 aliphatic rings. The predicted octanol–water partition coefficient (Wildman–Crippen LogP) is 4.16. The van der Waals surface area contributed by atoms with Gasteiger partial charge in [0.2, 0.25) is 0 Å². The minimum absolute atomic E-state index is 0.0532. The molecule has 1 aromatic rings. The molecule has 0 amide bonds. The van der Waals surface area contributed by atoms with Crippen LogP contribution in [0.2, 0.25) is 0 Å². The summed E-state index contributed by atoms with van der Waals surface area (Å²) in [4.78, 5) is 12.9. The van der Waals surface area contributed by atoms with Gasteiger partial charge in [0, 0.05) is 6.54 Å². The van der Waals surface area contributed by atoms with Crippen LogP contribution in [0, 0.1) is 0 Å². The Balaban J connectivity index is 2.88. The molecule has 0 bridgehead atoms. The van der Waals surface area contributed by atoms with Crippen molar-refractivity contribution in [2.24, 2.45) is 0 Å². The number of rotatable bonds is 6. The van der Waals surface area contributed by atoms with Crippen molar-refractivity contribution in [3.8, 4) is 5.75 Å². The molecule has 0 radical (unpaired) electrons. The van der Waals surface area contributed by atoms with Gasteiger partial charge in [0.05, 0.1) is 24.7 Å². The molecule has 0 fully saturated rings. The van der Waals surface area contributed by atoms with Crippen LogP contribution in [0.5, 0.6) is 5.75 Å². The first-order valence-electron chi connectivity index (χ1n) is 7.23. The first-order chi connectivity index (χ1) is 10.9. The molecule has 1 rings (SSSR count). The first-order valence-corrected chi connectivity index (χ1v) is 8.02. The Morgan fingerprint density at radius 2 is 1.88 bits per heavy atom. The number of ether oxygens (including phenoxy) is 2. The van der Waals surface area contributed by atoms with Crippen LogP contribution in [0.25, 0.3) is 0 Å². The van der Waals surface area contributed by atoms with Crippen molar-refractivity contribution in [2.45, 2.75) is 39.1 Å². The van der Waals surface area contributed by atoms with Crippen molar-refractivity contribution < 1.29 is 27.4 Å². The van der Waals surface area contributed by atoms with Crippen molar-refractivity contribution in [3.63, 3.8) is 0 Å². The van der Waals surface area contributed by atoms with Gasteiger partial charge in [0.25, 0.3) is 0 Å². The second-order valence-corrected chi connectivity index (χ2v) is 7.17. The van der Waals surface area contributed by atoms with Crippen LogP contribution in [0.15, 0.2) is 22.7 Å². The lowest BCUT2D eigenvalue weighted by Gasteiger charge is -2.26.